The lowest BCUT2D eigenvalue weighted by molar-refractivity contribution is -0.130. The fourth-order valence-corrected chi connectivity index (χ4v) is 2.21. The Morgan fingerprint density at radius 2 is 2.23 bits per heavy atom. The number of benzene rings is 1. The van der Waals surface area contributed by atoms with Crippen molar-refractivity contribution in [2.24, 2.45) is 0 Å². The predicted octanol–water partition coefficient (Wildman–Crippen LogP) is 2.20. The lowest BCUT2D eigenvalue weighted by Gasteiger charge is -2.14. The third-order valence-corrected chi connectivity index (χ3v) is 3.31. The maximum absolute atomic E-state index is 13.2. The van der Waals surface area contributed by atoms with E-state index in [1.54, 1.807) is 26.1 Å². The molecule has 22 heavy (non-hydrogen) atoms. The van der Waals surface area contributed by atoms with E-state index in [0.717, 1.165) is 5.69 Å². The number of rotatable bonds is 4. The van der Waals surface area contributed by atoms with Crippen LogP contribution in [0.1, 0.15) is 17.3 Å². The van der Waals surface area contributed by atoms with Crippen molar-refractivity contribution in [3.05, 3.63) is 47.4 Å². The van der Waals surface area contributed by atoms with Crippen LogP contribution in [0.3, 0.4) is 0 Å². The zero-order valence-corrected chi connectivity index (χ0v) is 12.3. The largest absolute Gasteiger partial charge is 0.361 e. The molecule has 3 rings (SSSR count). The smallest absolute Gasteiger partial charge is 0.230 e. The van der Waals surface area contributed by atoms with Gasteiger partial charge in [-0.3, -0.25) is 4.79 Å². The Morgan fingerprint density at radius 1 is 1.41 bits per heavy atom. The summed E-state index contributed by atoms with van der Waals surface area (Å²) in [4.78, 5) is 21.0. The number of hydrogen-bond donors (Lipinski definition) is 1. The van der Waals surface area contributed by atoms with E-state index in [4.69, 9.17) is 4.52 Å². The minimum atomic E-state index is -0.326. The summed E-state index contributed by atoms with van der Waals surface area (Å²) in [7, 11) is 1.68. The number of amides is 1. The lowest BCUT2D eigenvalue weighted by Crippen LogP contribution is -2.28. The van der Waals surface area contributed by atoms with Gasteiger partial charge in [0.05, 0.1) is 29.7 Å². The van der Waals surface area contributed by atoms with Gasteiger partial charge in [-0.05, 0) is 25.1 Å². The Morgan fingerprint density at radius 3 is 2.95 bits per heavy atom. The molecule has 0 aliphatic rings. The first kappa shape index (κ1) is 14.2. The maximum Gasteiger partial charge on any atom is 0.230 e. The molecule has 0 atom stereocenters. The monoisotopic (exact) mass is 302 g/mol. The highest BCUT2D eigenvalue weighted by Crippen LogP contribution is 2.14. The van der Waals surface area contributed by atoms with Gasteiger partial charge in [0.2, 0.25) is 5.91 Å². The number of aryl methyl sites for hydroxylation is 1. The van der Waals surface area contributed by atoms with Crippen molar-refractivity contribution in [3.63, 3.8) is 0 Å². The zero-order valence-electron chi connectivity index (χ0n) is 12.3. The number of carbonyl (C=O) groups is 1. The fraction of sp³-hybridized carbons (Fsp3) is 0.267. The zero-order chi connectivity index (χ0) is 15.7. The van der Waals surface area contributed by atoms with Crippen LogP contribution in [0, 0.1) is 12.7 Å². The van der Waals surface area contributed by atoms with Crippen LogP contribution in [0.5, 0.6) is 0 Å². The molecule has 3 aromatic rings. The van der Waals surface area contributed by atoms with Crippen molar-refractivity contribution in [1.29, 1.82) is 0 Å². The molecule has 7 heteroatoms. The Bertz CT molecular complexity index is 824. The molecule has 0 bridgehead atoms. The van der Waals surface area contributed by atoms with E-state index in [0.29, 0.717) is 29.2 Å². The molecular weight excluding hydrogens is 287 g/mol. The number of carbonyl (C=O) groups excluding carboxylic acids is 1. The first-order valence-electron chi connectivity index (χ1n) is 6.81. The van der Waals surface area contributed by atoms with Crippen LogP contribution in [0.4, 0.5) is 4.39 Å². The summed E-state index contributed by atoms with van der Waals surface area (Å²) >= 11 is 0. The van der Waals surface area contributed by atoms with Crippen LogP contribution in [-0.2, 0) is 17.8 Å². The SMILES string of the molecule is Cc1cc(CC(=O)N(C)Cc2nc3ccc(F)cc3[nH]2)on1. The molecule has 1 amide bonds. The summed E-state index contributed by atoms with van der Waals surface area (Å²) in [6.45, 7) is 2.11. The van der Waals surface area contributed by atoms with Gasteiger partial charge in [-0.25, -0.2) is 9.37 Å². The molecule has 2 aromatic heterocycles. The average molecular weight is 302 g/mol. The second-order valence-corrected chi connectivity index (χ2v) is 5.21. The normalized spacial score (nSPS) is 11.0. The molecule has 6 nitrogen and oxygen atoms in total. The minimum absolute atomic E-state index is 0.109. The Balaban J connectivity index is 1.69. The number of imidazole rings is 1. The maximum atomic E-state index is 13.2. The van der Waals surface area contributed by atoms with Gasteiger partial charge in [0.15, 0.2) is 0 Å². The number of likely N-dealkylation sites (N-methyl/N-ethyl adjacent to an activating group) is 1. The molecule has 114 valence electrons. The van der Waals surface area contributed by atoms with E-state index < -0.39 is 0 Å². The van der Waals surface area contributed by atoms with Crippen LogP contribution in [0.2, 0.25) is 0 Å². The van der Waals surface area contributed by atoms with Gasteiger partial charge in [-0.1, -0.05) is 5.16 Å². The molecule has 0 saturated heterocycles. The van der Waals surface area contributed by atoms with Crippen molar-refractivity contribution in [3.8, 4) is 0 Å². The Kier molecular flexibility index (Phi) is 3.62. The molecular formula is C15H15FN4O2. The van der Waals surface area contributed by atoms with E-state index in [1.807, 2.05) is 0 Å². The second kappa shape index (κ2) is 5.59. The van der Waals surface area contributed by atoms with E-state index >= 15 is 0 Å². The van der Waals surface area contributed by atoms with Crippen LogP contribution in [0.25, 0.3) is 11.0 Å². The summed E-state index contributed by atoms with van der Waals surface area (Å²) in [6.07, 6.45) is 0.145. The quantitative estimate of drug-likeness (QED) is 0.801. The van der Waals surface area contributed by atoms with E-state index in [-0.39, 0.29) is 18.1 Å². The van der Waals surface area contributed by atoms with E-state index in [1.165, 1.54) is 17.0 Å². The van der Waals surface area contributed by atoms with Gasteiger partial charge in [0.25, 0.3) is 0 Å². The third kappa shape index (κ3) is 2.98. The molecule has 0 fully saturated rings. The standard InChI is InChI=1S/C15H15FN4O2/c1-9-5-11(22-19-9)7-15(21)20(2)8-14-17-12-4-3-10(16)6-13(12)18-14/h3-6H,7-8H2,1-2H3,(H,17,18). The highest BCUT2D eigenvalue weighted by atomic mass is 19.1. The average Bonchev–Trinajstić information content (AvgIpc) is 3.04. The van der Waals surface area contributed by atoms with E-state index in [9.17, 15) is 9.18 Å². The van der Waals surface area contributed by atoms with Crippen LogP contribution < -0.4 is 0 Å². The summed E-state index contributed by atoms with van der Waals surface area (Å²) in [5.74, 6) is 0.696. The first-order valence-corrected chi connectivity index (χ1v) is 6.81. The van der Waals surface area contributed by atoms with Gasteiger partial charge in [-0.15, -0.1) is 0 Å². The number of halogens is 1. The second-order valence-electron chi connectivity index (χ2n) is 5.21. The van der Waals surface area contributed by atoms with Gasteiger partial charge in [0.1, 0.15) is 17.4 Å². The number of nitrogens with one attached hydrogen (secondary N) is 1. The van der Waals surface area contributed by atoms with Crippen molar-refractivity contribution in [2.75, 3.05) is 7.05 Å². The lowest BCUT2D eigenvalue weighted by atomic mass is 10.3. The summed E-state index contributed by atoms with van der Waals surface area (Å²) in [5, 5.41) is 3.75. The number of aromatic amines is 1. The van der Waals surface area contributed by atoms with Crippen molar-refractivity contribution in [1.82, 2.24) is 20.0 Å². The minimum Gasteiger partial charge on any atom is -0.361 e. The Labute approximate surface area is 125 Å². The van der Waals surface area contributed by atoms with Crippen molar-refractivity contribution >= 4 is 16.9 Å². The molecule has 0 aliphatic carbocycles. The van der Waals surface area contributed by atoms with Gasteiger partial charge in [0, 0.05) is 13.1 Å². The van der Waals surface area contributed by atoms with Gasteiger partial charge < -0.3 is 14.4 Å². The van der Waals surface area contributed by atoms with E-state index in [2.05, 4.69) is 15.1 Å². The molecule has 1 aromatic carbocycles. The molecule has 0 spiro atoms. The third-order valence-electron chi connectivity index (χ3n) is 3.31. The number of fused-ring (bicyclic) bond motifs is 1. The molecule has 1 N–H and O–H groups in total. The topological polar surface area (TPSA) is 75.0 Å². The highest BCUT2D eigenvalue weighted by Gasteiger charge is 2.15. The first-order chi connectivity index (χ1) is 10.5. The molecule has 0 radical (unpaired) electrons. The molecule has 2 heterocycles. The molecule has 0 unspecified atom stereocenters. The molecule has 0 saturated carbocycles. The number of hydrogen-bond acceptors (Lipinski definition) is 4. The van der Waals surface area contributed by atoms with Gasteiger partial charge in [-0.2, -0.15) is 0 Å². The highest BCUT2D eigenvalue weighted by molar-refractivity contribution is 5.78. The number of nitrogens with zero attached hydrogens (tertiary/aromatic N) is 3. The summed E-state index contributed by atoms with van der Waals surface area (Å²) in [6, 6.07) is 6.07. The van der Waals surface area contributed by atoms with Crippen molar-refractivity contribution < 1.29 is 13.7 Å². The summed E-state index contributed by atoms with van der Waals surface area (Å²) in [5.41, 5.74) is 2.02. The Hall–Kier alpha value is -2.70. The number of aromatic nitrogens is 3. The van der Waals surface area contributed by atoms with Crippen LogP contribution in [0.15, 0.2) is 28.8 Å². The van der Waals surface area contributed by atoms with Gasteiger partial charge >= 0.3 is 0 Å². The van der Waals surface area contributed by atoms with Crippen LogP contribution >= 0.6 is 0 Å². The van der Waals surface area contributed by atoms with Crippen LogP contribution in [-0.4, -0.2) is 33.0 Å². The summed E-state index contributed by atoms with van der Waals surface area (Å²) < 4.78 is 18.2. The van der Waals surface area contributed by atoms with Crippen molar-refractivity contribution in [2.45, 2.75) is 19.9 Å². The fourth-order valence-electron chi connectivity index (χ4n) is 2.21. The predicted molar refractivity (Wildman–Crippen MR) is 77.5 cm³/mol. The number of H-pyrrole nitrogens is 1. The molecule has 0 aliphatic heterocycles.